The summed E-state index contributed by atoms with van der Waals surface area (Å²) in [6.45, 7) is 12.6. The number of hydrogen-bond acceptors (Lipinski definition) is 13. The summed E-state index contributed by atoms with van der Waals surface area (Å²) in [5, 5.41) is 25.3. The molecule has 0 amide bonds. The normalized spacial score (nSPS) is 31.2. The Morgan fingerprint density at radius 1 is 1.00 bits per heavy atom. The van der Waals surface area contributed by atoms with E-state index in [-0.39, 0.29) is 52.9 Å². The van der Waals surface area contributed by atoms with Crippen LogP contribution in [0.15, 0.2) is 30.3 Å². The van der Waals surface area contributed by atoms with Gasteiger partial charge < -0.3 is 57.3 Å². The summed E-state index contributed by atoms with van der Waals surface area (Å²) in [6.07, 6.45) is -4.31. The van der Waals surface area contributed by atoms with Gasteiger partial charge in [0.15, 0.2) is 20.2 Å². The smallest absolute Gasteiger partial charge is 0.274 e. The highest BCUT2D eigenvalue weighted by Gasteiger charge is 2.92. The van der Waals surface area contributed by atoms with Gasteiger partial charge in [0.2, 0.25) is 11.9 Å². The van der Waals surface area contributed by atoms with Crippen molar-refractivity contribution < 1.29 is 62.1 Å². The number of ether oxygens (including phenoxy) is 9. The minimum absolute atomic E-state index is 0.0237. The van der Waals surface area contributed by atoms with Crippen LogP contribution >= 0.6 is 0 Å². The molecule has 286 valence electrons. The van der Waals surface area contributed by atoms with Crippen LogP contribution in [0.3, 0.4) is 0 Å². The zero-order chi connectivity index (χ0) is 38.0. The van der Waals surface area contributed by atoms with Gasteiger partial charge in [-0.15, -0.1) is 0 Å². The lowest BCUT2D eigenvalue weighted by atomic mass is 9.78. The van der Waals surface area contributed by atoms with Gasteiger partial charge in [0.1, 0.15) is 35.2 Å². The van der Waals surface area contributed by atoms with Crippen LogP contribution < -0.4 is 14.2 Å². The average molecular weight is 753 g/mol. The second-order valence-electron chi connectivity index (χ2n) is 16.1. The van der Waals surface area contributed by atoms with E-state index in [1.165, 1.54) is 21.3 Å². The molecule has 3 aromatic carbocycles. The van der Waals surface area contributed by atoms with Crippen molar-refractivity contribution in [3.8, 4) is 23.0 Å². The molecule has 14 heteroatoms. The monoisotopic (exact) mass is 752 g/mol. The van der Waals surface area contributed by atoms with E-state index in [1.807, 2.05) is 37.3 Å². The van der Waals surface area contributed by atoms with E-state index in [2.05, 4.69) is 33.9 Å². The lowest BCUT2D eigenvalue weighted by Gasteiger charge is -2.47. The Labute approximate surface area is 309 Å². The standard InChI is InChI=1S/C39H48O13Si/c1-19-15-22-26(32-25(19)33-34-38(42,49-32)37(18-48-37)39(50-33,51-34)35(45-7)46-8)30(41)28-27(31(22)44-6)23(47-17-20-11-13-21(43-5)14-12-20)16-24(29(28)40)52-53(9,10)36(2,3)4/h11-15,23-24,33-35,41-42H,16-18H2,1-10H3/t23-,24-,33?,34?,37-,38-,39?/m0/s1. The Balaban J connectivity index is 1.30. The highest BCUT2D eigenvalue weighted by atomic mass is 28.4. The molecular formula is C39H48O13Si. The fourth-order valence-electron chi connectivity index (χ4n) is 8.43. The van der Waals surface area contributed by atoms with Crippen LogP contribution in [-0.4, -0.2) is 95.0 Å². The minimum atomic E-state index is -2.49. The van der Waals surface area contributed by atoms with Gasteiger partial charge in [-0.05, 0) is 54.4 Å². The number of ketones is 1. The minimum Gasteiger partial charge on any atom is -0.506 e. The first-order valence-corrected chi connectivity index (χ1v) is 20.8. The molecule has 7 atom stereocenters. The molecule has 4 aliphatic heterocycles. The summed E-state index contributed by atoms with van der Waals surface area (Å²) in [6, 6.07) is 9.41. The largest absolute Gasteiger partial charge is 0.506 e. The van der Waals surface area contributed by atoms with E-state index in [4.69, 9.17) is 47.1 Å². The number of hydrogen-bond donors (Lipinski definition) is 2. The first kappa shape index (κ1) is 36.7. The number of epoxide rings is 1. The maximum Gasteiger partial charge on any atom is 0.274 e. The summed E-state index contributed by atoms with van der Waals surface area (Å²) < 4.78 is 61.6. The molecule has 2 N–H and O–H groups in total. The molecule has 0 radical (unpaired) electrons. The molecule has 3 unspecified atom stereocenters. The zero-order valence-electron chi connectivity index (χ0n) is 31.8. The second kappa shape index (κ2) is 12.1. The summed E-state index contributed by atoms with van der Waals surface area (Å²) in [5.41, 5.74) is 1.11. The van der Waals surface area contributed by atoms with Crippen molar-refractivity contribution in [1.82, 2.24) is 0 Å². The molecule has 5 aliphatic rings. The number of fused-ring (bicyclic) bond motifs is 8. The molecule has 53 heavy (non-hydrogen) atoms. The molecule has 1 spiro atoms. The maximum atomic E-state index is 14.7. The van der Waals surface area contributed by atoms with Crippen molar-refractivity contribution in [3.63, 3.8) is 0 Å². The van der Waals surface area contributed by atoms with Crippen molar-refractivity contribution in [2.45, 2.75) is 107 Å². The summed E-state index contributed by atoms with van der Waals surface area (Å²) in [5.74, 6) is -3.20. The Morgan fingerprint density at radius 2 is 1.68 bits per heavy atom. The molecule has 13 nitrogen and oxygen atoms in total. The number of carbonyl (C=O) groups excluding carboxylic acids is 1. The fourth-order valence-corrected chi connectivity index (χ4v) is 9.69. The van der Waals surface area contributed by atoms with Crippen LogP contribution in [0, 0.1) is 6.92 Å². The van der Waals surface area contributed by atoms with E-state index in [0.717, 1.165) is 16.9 Å². The van der Waals surface area contributed by atoms with E-state index in [0.29, 0.717) is 22.3 Å². The number of phenols is 1. The first-order valence-electron chi connectivity index (χ1n) is 17.9. The number of Topliss-reactive ketones (excluding diaryl/α,β-unsaturated/α-hetero) is 1. The Morgan fingerprint density at radius 3 is 2.26 bits per heavy atom. The third-order valence-corrected chi connectivity index (χ3v) is 16.7. The van der Waals surface area contributed by atoms with Crippen molar-refractivity contribution >= 4 is 24.9 Å². The molecule has 3 fully saturated rings. The number of phenolic OH excluding ortho intramolecular Hbond substituents is 1. The van der Waals surface area contributed by atoms with Gasteiger partial charge in [-0.3, -0.25) is 4.79 Å². The third-order valence-electron chi connectivity index (χ3n) is 12.2. The zero-order valence-corrected chi connectivity index (χ0v) is 32.8. The van der Waals surface area contributed by atoms with Crippen LogP contribution in [0.1, 0.15) is 72.0 Å². The Kier molecular flexibility index (Phi) is 8.36. The molecular weight excluding hydrogens is 705 g/mol. The molecule has 8 rings (SSSR count). The molecule has 4 heterocycles. The SMILES string of the molecule is COc1ccc(CO[C@H]2C[C@H](O[Si](C)(C)C(C)(C)C)C(=O)c3c2c(OC)c2cc(C)c4c(c2c3O)O[C@@]2(O)C3OC(C(OC)OC)(OC43)[C@]23CO3)cc1. The number of aliphatic hydroxyl groups is 1. The topological polar surface area (TPSA) is 153 Å². The van der Waals surface area contributed by atoms with Crippen LogP contribution in [0.5, 0.6) is 23.0 Å². The predicted octanol–water partition coefficient (Wildman–Crippen LogP) is 5.74. The van der Waals surface area contributed by atoms with Crippen molar-refractivity contribution in [3.05, 3.63) is 58.1 Å². The van der Waals surface area contributed by atoms with Gasteiger partial charge in [0.05, 0.1) is 44.5 Å². The fraction of sp³-hybridized carbons (Fsp3) is 0.564. The molecule has 3 aromatic rings. The van der Waals surface area contributed by atoms with E-state index >= 15 is 0 Å². The average Bonchev–Trinajstić information content (AvgIpc) is 3.79. The van der Waals surface area contributed by atoms with E-state index in [1.54, 1.807) is 7.11 Å². The Hall–Kier alpha value is -3.31. The van der Waals surface area contributed by atoms with Crippen molar-refractivity contribution in [1.29, 1.82) is 0 Å². The van der Waals surface area contributed by atoms with Crippen LogP contribution in [0.25, 0.3) is 10.8 Å². The number of aromatic hydroxyl groups is 1. The van der Waals surface area contributed by atoms with Gasteiger partial charge in [0, 0.05) is 37.2 Å². The highest BCUT2D eigenvalue weighted by molar-refractivity contribution is 6.74. The summed E-state index contributed by atoms with van der Waals surface area (Å²) in [7, 11) is 3.54. The van der Waals surface area contributed by atoms with Gasteiger partial charge in [-0.25, -0.2) is 0 Å². The molecule has 0 aromatic heterocycles. The van der Waals surface area contributed by atoms with Crippen LogP contribution in [0.4, 0.5) is 0 Å². The molecule has 0 saturated carbocycles. The third kappa shape index (κ3) is 4.87. The number of aryl methyl sites for hydroxylation is 1. The van der Waals surface area contributed by atoms with E-state index < -0.39 is 56.2 Å². The van der Waals surface area contributed by atoms with Gasteiger partial charge in [-0.2, -0.15) is 0 Å². The second-order valence-corrected chi connectivity index (χ2v) is 20.9. The molecule has 3 saturated heterocycles. The number of methoxy groups -OCH3 is 4. The first-order chi connectivity index (χ1) is 25.0. The number of carbonyl (C=O) groups is 1. The lowest BCUT2D eigenvalue weighted by molar-refractivity contribution is -0.344. The van der Waals surface area contributed by atoms with Crippen molar-refractivity contribution in [2.24, 2.45) is 0 Å². The number of benzene rings is 3. The van der Waals surface area contributed by atoms with E-state index in [9.17, 15) is 15.0 Å². The lowest BCUT2D eigenvalue weighted by Crippen LogP contribution is -2.69. The van der Waals surface area contributed by atoms with Gasteiger partial charge >= 0.3 is 0 Å². The van der Waals surface area contributed by atoms with Crippen LogP contribution in [0.2, 0.25) is 18.1 Å². The Bertz CT molecular complexity index is 1980. The van der Waals surface area contributed by atoms with Gasteiger partial charge in [0.25, 0.3) is 11.6 Å². The predicted molar refractivity (Wildman–Crippen MR) is 192 cm³/mol. The van der Waals surface area contributed by atoms with Crippen molar-refractivity contribution in [2.75, 3.05) is 35.0 Å². The summed E-state index contributed by atoms with van der Waals surface area (Å²) >= 11 is 0. The number of rotatable bonds is 10. The summed E-state index contributed by atoms with van der Waals surface area (Å²) in [4.78, 5) is 14.7. The quantitative estimate of drug-likeness (QED) is 0.147. The highest BCUT2D eigenvalue weighted by Crippen LogP contribution is 2.71. The molecule has 2 bridgehead atoms. The van der Waals surface area contributed by atoms with Crippen LogP contribution in [-0.2, 0) is 39.5 Å². The van der Waals surface area contributed by atoms with Gasteiger partial charge in [-0.1, -0.05) is 32.9 Å². The molecule has 1 aliphatic carbocycles. The maximum absolute atomic E-state index is 14.7.